The van der Waals surface area contributed by atoms with Gasteiger partial charge in [0.15, 0.2) is 0 Å². The van der Waals surface area contributed by atoms with E-state index in [1.54, 1.807) is 0 Å². The van der Waals surface area contributed by atoms with Crippen LogP contribution in [0.3, 0.4) is 0 Å². The molecule has 0 bridgehead atoms. The molecule has 76 valence electrons. The zero-order valence-electron chi connectivity index (χ0n) is 8.07. The van der Waals surface area contributed by atoms with E-state index in [9.17, 15) is 4.79 Å². The third kappa shape index (κ3) is 2.60. The van der Waals surface area contributed by atoms with Gasteiger partial charge in [-0.15, -0.1) is 0 Å². The number of amides is 1. The Balaban J connectivity index is 1.84. The van der Waals surface area contributed by atoms with E-state index in [0.29, 0.717) is 0 Å². The van der Waals surface area contributed by atoms with Crippen molar-refractivity contribution >= 4 is 5.91 Å². The summed E-state index contributed by atoms with van der Waals surface area (Å²) in [5.74, 6) is -0.303. The van der Waals surface area contributed by atoms with Crippen LogP contribution in [0.2, 0.25) is 0 Å². The van der Waals surface area contributed by atoms with E-state index in [4.69, 9.17) is 5.73 Å². The molecule has 2 rings (SSSR count). The van der Waals surface area contributed by atoms with Crippen LogP contribution in [-0.2, 0) is 17.9 Å². The number of rotatable bonds is 5. The third-order valence-electron chi connectivity index (χ3n) is 2.32. The molecule has 1 fully saturated rings. The van der Waals surface area contributed by atoms with Crippen molar-refractivity contribution in [1.82, 2.24) is 9.88 Å². The van der Waals surface area contributed by atoms with Crippen LogP contribution in [-0.4, -0.2) is 16.5 Å². The maximum Gasteiger partial charge on any atom is 0.237 e. The lowest BCUT2D eigenvalue weighted by Gasteiger charge is -1.99. The van der Waals surface area contributed by atoms with Crippen molar-refractivity contribution in [2.24, 2.45) is 5.73 Å². The van der Waals surface area contributed by atoms with E-state index in [2.05, 4.69) is 5.32 Å². The molecule has 1 aromatic heterocycles. The van der Waals surface area contributed by atoms with Crippen molar-refractivity contribution in [2.75, 3.05) is 0 Å². The van der Waals surface area contributed by atoms with Gasteiger partial charge < -0.3 is 15.6 Å². The van der Waals surface area contributed by atoms with Crippen LogP contribution >= 0.6 is 0 Å². The van der Waals surface area contributed by atoms with E-state index >= 15 is 0 Å². The quantitative estimate of drug-likeness (QED) is 0.703. The second kappa shape index (κ2) is 3.84. The SMILES string of the molecule is NC(=O)Cn1ccc(CNC2CC2)c1. The molecular formula is C10H15N3O. The third-order valence-corrected chi connectivity index (χ3v) is 2.32. The lowest BCUT2D eigenvalue weighted by Crippen LogP contribution is -2.18. The number of carbonyl (C=O) groups is 1. The summed E-state index contributed by atoms with van der Waals surface area (Å²) in [7, 11) is 0. The molecule has 1 aliphatic rings. The Labute approximate surface area is 83.1 Å². The zero-order valence-corrected chi connectivity index (χ0v) is 8.07. The van der Waals surface area contributed by atoms with Crippen molar-refractivity contribution in [3.8, 4) is 0 Å². The van der Waals surface area contributed by atoms with Crippen LogP contribution in [0.4, 0.5) is 0 Å². The summed E-state index contributed by atoms with van der Waals surface area (Å²) in [6.45, 7) is 1.15. The van der Waals surface area contributed by atoms with Gasteiger partial charge in [0.05, 0.1) is 0 Å². The summed E-state index contributed by atoms with van der Waals surface area (Å²) in [4.78, 5) is 10.6. The molecule has 1 amide bonds. The summed E-state index contributed by atoms with van der Waals surface area (Å²) < 4.78 is 1.81. The molecule has 1 heterocycles. The van der Waals surface area contributed by atoms with Crippen molar-refractivity contribution in [2.45, 2.75) is 32.0 Å². The minimum Gasteiger partial charge on any atom is -0.368 e. The van der Waals surface area contributed by atoms with Crippen LogP contribution in [0.1, 0.15) is 18.4 Å². The largest absolute Gasteiger partial charge is 0.368 e. The van der Waals surface area contributed by atoms with Gasteiger partial charge in [0.1, 0.15) is 6.54 Å². The highest BCUT2D eigenvalue weighted by molar-refractivity contribution is 5.73. The number of hydrogen-bond donors (Lipinski definition) is 2. The molecular weight excluding hydrogens is 178 g/mol. The lowest BCUT2D eigenvalue weighted by atomic mass is 10.3. The van der Waals surface area contributed by atoms with Gasteiger partial charge in [0, 0.05) is 25.0 Å². The monoisotopic (exact) mass is 193 g/mol. The molecule has 4 heteroatoms. The number of aromatic nitrogens is 1. The molecule has 0 aliphatic heterocycles. The number of nitrogens with zero attached hydrogens (tertiary/aromatic N) is 1. The Morgan fingerprint density at radius 3 is 3.07 bits per heavy atom. The molecule has 1 aromatic rings. The second-order valence-electron chi connectivity index (χ2n) is 3.81. The fourth-order valence-electron chi connectivity index (χ4n) is 1.42. The van der Waals surface area contributed by atoms with E-state index in [1.165, 1.54) is 18.4 Å². The maximum atomic E-state index is 10.6. The number of nitrogens with one attached hydrogen (secondary N) is 1. The molecule has 0 unspecified atom stereocenters. The lowest BCUT2D eigenvalue weighted by molar-refractivity contribution is -0.118. The Hall–Kier alpha value is -1.29. The van der Waals surface area contributed by atoms with Gasteiger partial charge in [0.2, 0.25) is 5.91 Å². The molecule has 0 atom stereocenters. The van der Waals surface area contributed by atoms with Crippen LogP contribution in [0, 0.1) is 0 Å². The highest BCUT2D eigenvalue weighted by Gasteiger charge is 2.19. The van der Waals surface area contributed by atoms with Gasteiger partial charge >= 0.3 is 0 Å². The Morgan fingerprint density at radius 2 is 2.43 bits per heavy atom. The fourth-order valence-corrected chi connectivity index (χ4v) is 1.42. The van der Waals surface area contributed by atoms with Crippen LogP contribution in [0.25, 0.3) is 0 Å². The highest BCUT2D eigenvalue weighted by atomic mass is 16.1. The topological polar surface area (TPSA) is 60.1 Å². The molecule has 0 spiro atoms. The average Bonchev–Trinajstić information content (AvgIpc) is 2.84. The standard InChI is InChI=1S/C10H15N3O/c11-10(14)7-13-4-3-8(6-13)5-12-9-1-2-9/h3-4,6,9,12H,1-2,5,7H2,(H2,11,14). The van der Waals surface area contributed by atoms with Crippen LogP contribution in [0.15, 0.2) is 18.5 Å². The molecule has 0 aromatic carbocycles. The molecule has 3 N–H and O–H groups in total. The summed E-state index contributed by atoms with van der Waals surface area (Å²) in [6.07, 6.45) is 6.43. The van der Waals surface area contributed by atoms with Crippen molar-refractivity contribution < 1.29 is 4.79 Å². The summed E-state index contributed by atoms with van der Waals surface area (Å²) in [5, 5.41) is 3.41. The molecule has 4 nitrogen and oxygen atoms in total. The normalized spacial score (nSPS) is 15.7. The zero-order chi connectivity index (χ0) is 9.97. The minimum absolute atomic E-state index is 0.267. The van der Waals surface area contributed by atoms with E-state index < -0.39 is 0 Å². The van der Waals surface area contributed by atoms with Crippen molar-refractivity contribution in [1.29, 1.82) is 0 Å². The number of nitrogens with two attached hydrogens (primary N) is 1. The second-order valence-corrected chi connectivity index (χ2v) is 3.81. The van der Waals surface area contributed by atoms with E-state index in [-0.39, 0.29) is 12.5 Å². The average molecular weight is 193 g/mol. The van der Waals surface area contributed by atoms with Crippen molar-refractivity contribution in [3.63, 3.8) is 0 Å². The minimum atomic E-state index is -0.303. The summed E-state index contributed by atoms with van der Waals surface area (Å²) in [6, 6.07) is 2.73. The summed E-state index contributed by atoms with van der Waals surface area (Å²) in [5.41, 5.74) is 6.30. The Bertz CT molecular complexity index is 328. The van der Waals surface area contributed by atoms with Gasteiger partial charge in [-0.1, -0.05) is 0 Å². The van der Waals surface area contributed by atoms with Gasteiger partial charge in [-0.2, -0.15) is 0 Å². The van der Waals surface area contributed by atoms with Crippen LogP contribution < -0.4 is 11.1 Å². The number of carbonyl (C=O) groups excluding carboxylic acids is 1. The highest BCUT2D eigenvalue weighted by Crippen LogP contribution is 2.19. The van der Waals surface area contributed by atoms with Gasteiger partial charge in [-0.05, 0) is 24.5 Å². The molecule has 14 heavy (non-hydrogen) atoms. The van der Waals surface area contributed by atoms with Gasteiger partial charge in [0.25, 0.3) is 0 Å². The van der Waals surface area contributed by atoms with Crippen molar-refractivity contribution in [3.05, 3.63) is 24.0 Å². The first-order valence-electron chi connectivity index (χ1n) is 4.90. The first-order chi connectivity index (χ1) is 6.74. The molecule has 1 aliphatic carbocycles. The fraction of sp³-hybridized carbons (Fsp3) is 0.500. The first-order valence-corrected chi connectivity index (χ1v) is 4.90. The predicted molar refractivity (Wildman–Crippen MR) is 53.5 cm³/mol. The van der Waals surface area contributed by atoms with Gasteiger partial charge in [-0.3, -0.25) is 4.79 Å². The first kappa shape index (κ1) is 9.27. The Kier molecular flexibility index (Phi) is 2.54. The van der Waals surface area contributed by atoms with Crippen LogP contribution in [0.5, 0.6) is 0 Å². The molecule has 1 saturated carbocycles. The maximum absolute atomic E-state index is 10.6. The van der Waals surface area contributed by atoms with E-state index in [1.807, 2.05) is 23.0 Å². The number of primary amides is 1. The Morgan fingerprint density at radius 1 is 1.64 bits per heavy atom. The summed E-state index contributed by atoms with van der Waals surface area (Å²) >= 11 is 0. The molecule has 0 saturated heterocycles. The van der Waals surface area contributed by atoms with Gasteiger partial charge in [-0.25, -0.2) is 0 Å². The molecule has 0 radical (unpaired) electrons. The predicted octanol–water partition coefficient (Wildman–Crippen LogP) is 0.225. The smallest absolute Gasteiger partial charge is 0.237 e. The van der Waals surface area contributed by atoms with E-state index in [0.717, 1.165) is 12.6 Å². The number of hydrogen-bond acceptors (Lipinski definition) is 2.